The highest BCUT2D eigenvalue weighted by Crippen LogP contribution is 2.37. The summed E-state index contributed by atoms with van der Waals surface area (Å²) in [5, 5.41) is 0.953. The van der Waals surface area contributed by atoms with Gasteiger partial charge in [0.05, 0.1) is 16.8 Å². The molecule has 0 atom stereocenters. The van der Waals surface area contributed by atoms with Crippen LogP contribution in [0.3, 0.4) is 0 Å². The molecule has 0 saturated carbocycles. The van der Waals surface area contributed by atoms with Crippen LogP contribution in [0, 0.1) is 0 Å². The standard InChI is InChI=1S/C22H16F3N3O3/c1-29-13-30-20-11-15(22(23,24)25)5-7-17(20)18-8-10-27-21(28-18)31-16-6-4-14-3-2-9-26-19(14)12-16/h2-12H,13H2,1H3. The smallest absolute Gasteiger partial charge is 0.416 e. The molecular weight excluding hydrogens is 411 g/mol. The van der Waals surface area contributed by atoms with Crippen molar-refractivity contribution in [2.45, 2.75) is 6.18 Å². The SMILES string of the molecule is COCOc1cc(C(F)(F)F)ccc1-c1ccnc(Oc2ccc3cccnc3c2)n1. The van der Waals surface area contributed by atoms with Crippen molar-refractivity contribution in [1.82, 2.24) is 15.0 Å². The van der Waals surface area contributed by atoms with Gasteiger partial charge in [-0.1, -0.05) is 6.07 Å². The molecule has 2 aromatic heterocycles. The molecule has 0 bridgehead atoms. The number of benzene rings is 2. The Hall–Kier alpha value is -3.72. The zero-order valence-electron chi connectivity index (χ0n) is 16.3. The van der Waals surface area contributed by atoms with Crippen LogP contribution in [0.5, 0.6) is 17.5 Å². The predicted molar refractivity (Wildman–Crippen MR) is 107 cm³/mol. The van der Waals surface area contributed by atoms with Crippen molar-refractivity contribution in [3.05, 3.63) is 72.6 Å². The van der Waals surface area contributed by atoms with Gasteiger partial charge < -0.3 is 14.2 Å². The van der Waals surface area contributed by atoms with Crippen molar-refractivity contribution < 1.29 is 27.4 Å². The van der Waals surface area contributed by atoms with Crippen molar-refractivity contribution in [2.24, 2.45) is 0 Å². The fraction of sp³-hybridized carbons (Fsp3) is 0.136. The fourth-order valence-electron chi connectivity index (χ4n) is 2.91. The second kappa shape index (κ2) is 8.57. The first-order valence-electron chi connectivity index (χ1n) is 9.13. The Bertz CT molecular complexity index is 1220. The molecule has 0 aliphatic carbocycles. The molecule has 0 aliphatic rings. The van der Waals surface area contributed by atoms with E-state index in [2.05, 4.69) is 15.0 Å². The number of ether oxygens (including phenoxy) is 3. The zero-order valence-corrected chi connectivity index (χ0v) is 16.3. The minimum atomic E-state index is -4.51. The van der Waals surface area contributed by atoms with Crippen LogP contribution in [-0.2, 0) is 10.9 Å². The molecule has 0 aliphatic heterocycles. The molecule has 0 radical (unpaired) electrons. The van der Waals surface area contributed by atoms with Crippen molar-refractivity contribution in [2.75, 3.05) is 13.9 Å². The Morgan fingerprint density at radius 2 is 1.81 bits per heavy atom. The Kier molecular flexibility index (Phi) is 5.68. The van der Waals surface area contributed by atoms with E-state index in [0.29, 0.717) is 17.0 Å². The minimum absolute atomic E-state index is 0.0174. The van der Waals surface area contributed by atoms with Crippen molar-refractivity contribution in [3.63, 3.8) is 0 Å². The number of fused-ring (bicyclic) bond motifs is 1. The summed E-state index contributed by atoms with van der Waals surface area (Å²) in [6.07, 6.45) is -1.38. The van der Waals surface area contributed by atoms with Crippen LogP contribution in [-0.4, -0.2) is 28.9 Å². The number of halogens is 3. The van der Waals surface area contributed by atoms with E-state index in [-0.39, 0.29) is 18.6 Å². The molecule has 0 spiro atoms. The lowest BCUT2D eigenvalue weighted by Gasteiger charge is -2.14. The largest absolute Gasteiger partial charge is 0.467 e. The van der Waals surface area contributed by atoms with Crippen molar-refractivity contribution in [1.29, 1.82) is 0 Å². The Morgan fingerprint density at radius 3 is 2.61 bits per heavy atom. The molecule has 4 rings (SSSR count). The lowest BCUT2D eigenvalue weighted by molar-refractivity contribution is -0.137. The van der Waals surface area contributed by atoms with Crippen molar-refractivity contribution >= 4 is 10.9 Å². The molecule has 9 heteroatoms. The third kappa shape index (κ3) is 4.72. The van der Waals surface area contributed by atoms with E-state index in [9.17, 15) is 13.2 Å². The number of methoxy groups -OCH3 is 1. The Balaban J connectivity index is 1.66. The molecule has 2 aromatic carbocycles. The van der Waals surface area contributed by atoms with E-state index in [0.717, 1.165) is 23.0 Å². The third-order valence-electron chi connectivity index (χ3n) is 4.34. The van der Waals surface area contributed by atoms with Crippen LogP contribution < -0.4 is 9.47 Å². The summed E-state index contributed by atoms with van der Waals surface area (Å²) < 4.78 is 55.2. The van der Waals surface area contributed by atoms with Gasteiger partial charge in [-0.25, -0.2) is 4.98 Å². The second-order valence-corrected chi connectivity index (χ2v) is 6.44. The first-order valence-corrected chi connectivity index (χ1v) is 9.13. The summed E-state index contributed by atoms with van der Waals surface area (Å²) >= 11 is 0. The monoisotopic (exact) mass is 427 g/mol. The minimum Gasteiger partial charge on any atom is -0.467 e. The highest BCUT2D eigenvalue weighted by molar-refractivity contribution is 5.79. The van der Waals surface area contributed by atoms with E-state index >= 15 is 0 Å². The van der Waals surface area contributed by atoms with Crippen LogP contribution >= 0.6 is 0 Å². The maximum atomic E-state index is 13.1. The van der Waals surface area contributed by atoms with Gasteiger partial charge >= 0.3 is 12.2 Å². The topological polar surface area (TPSA) is 66.4 Å². The average Bonchev–Trinajstić information content (AvgIpc) is 2.77. The van der Waals surface area contributed by atoms with E-state index in [4.69, 9.17) is 14.2 Å². The number of aromatic nitrogens is 3. The predicted octanol–water partition coefficient (Wildman–Crippen LogP) is 5.49. The van der Waals surface area contributed by atoms with Gasteiger partial charge in [0.1, 0.15) is 11.5 Å². The van der Waals surface area contributed by atoms with E-state index < -0.39 is 11.7 Å². The van der Waals surface area contributed by atoms with Crippen LogP contribution in [0.25, 0.3) is 22.2 Å². The summed E-state index contributed by atoms with van der Waals surface area (Å²) in [6.45, 7) is -0.215. The summed E-state index contributed by atoms with van der Waals surface area (Å²) in [5.74, 6) is 0.461. The molecule has 0 amide bonds. The van der Waals surface area contributed by atoms with Gasteiger partial charge in [0.15, 0.2) is 6.79 Å². The molecule has 0 saturated heterocycles. The van der Waals surface area contributed by atoms with E-state index in [1.54, 1.807) is 24.4 Å². The molecule has 6 nitrogen and oxygen atoms in total. The molecule has 31 heavy (non-hydrogen) atoms. The normalized spacial score (nSPS) is 11.5. The quantitative estimate of drug-likeness (QED) is 0.380. The molecular formula is C22H16F3N3O3. The molecule has 0 unspecified atom stereocenters. The summed E-state index contributed by atoms with van der Waals surface area (Å²) in [6, 6.07) is 13.9. The molecule has 0 fully saturated rings. The zero-order chi connectivity index (χ0) is 21.8. The van der Waals surface area contributed by atoms with E-state index in [1.165, 1.54) is 19.4 Å². The van der Waals surface area contributed by atoms with Gasteiger partial charge in [0, 0.05) is 36.5 Å². The Labute approximate surface area is 175 Å². The fourth-order valence-corrected chi connectivity index (χ4v) is 2.91. The first kappa shape index (κ1) is 20.5. The maximum absolute atomic E-state index is 13.1. The summed E-state index contributed by atoms with van der Waals surface area (Å²) in [4.78, 5) is 12.7. The van der Waals surface area contributed by atoms with Gasteiger partial charge in [-0.15, -0.1) is 0 Å². The number of hydrogen-bond donors (Lipinski definition) is 0. The molecule has 2 heterocycles. The lowest BCUT2D eigenvalue weighted by Crippen LogP contribution is -2.07. The first-order chi connectivity index (χ1) is 14.9. The maximum Gasteiger partial charge on any atom is 0.416 e. The Morgan fingerprint density at radius 1 is 0.935 bits per heavy atom. The van der Waals surface area contributed by atoms with Crippen LogP contribution in [0.4, 0.5) is 13.2 Å². The lowest BCUT2D eigenvalue weighted by atomic mass is 10.1. The highest BCUT2D eigenvalue weighted by Gasteiger charge is 2.31. The second-order valence-electron chi connectivity index (χ2n) is 6.44. The summed E-state index contributed by atoms with van der Waals surface area (Å²) in [5.41, 5.74) is 0.590. The van der Waals surface area contributed by atoms with Crippen LogP contribution in [0.15, 0.2) is 67.0 Å². The number of alkyl halides is 3. The van der Waals surface area contributed by atoms with Crippen LogP contribution in [0.1, 0.15) is 5.56 Å². The number of pyridine rings is 1. The van der Waals surface area contributed by atoms with Gasteiger partial charge in [-0.05, 0) is 42.5 Å². The average molecular weight is 427 g/mol. The van der Waals surface area contributed by atoms with Crippen LogP contribution in [0.2, 0.25) is 0 Å². The number of nitrogens with zero attached hydrogens (tertiary/aromatic N) is 3. The van der Waals surface area contributed by atoms with Gasteiger partial charge in [0.2, 0.25) is 0 Å². The van der Waals surface area contributed by atoms with Gasteiger partial charge in [-0.3, -0.25) is 4.98 Å². The van der Waals surface area contributed by atoms with Crippen molar-refractivity contribution in [3.8, 4) is 28.8 Å². The van der Waals surface area contributed by atoms with E-state index in [1.807, 2.05) is 18.2 Å². The number of rotatable bonds is 6. The highest BCUT2D eigenvalue weighted by atomic mass is 19.4. The molecule has 4 aromatic rings. The van der Waals surface area contributed by atoms with Gasteiger partial charge in [-0.2, -0.15) is 18.2 Å². The molecule has 158 valence electrons. The number of hydrogen-bond acceptors (Lipinski definition) is 6. The summed E-state index contributed by atoms with van der Waals surface area (Å²) in [7, 11) is 1.38. The third-order valence-corrected chi connectivity index (χ3v) is 4.34. The van der Waals surface area contributed by atoms with Gasteiger partial charge in [0.25, 0.3) is 0 Å². The molecule has 0 N–H and O–H groups in total.